The van der Waals surface area contributed by atoms with Crippen LogP contribution in [0.15, 0.2) is 24.3 Å². The van der Waals surface area contributed by atoms with Gasteiger partial charge in [0.1, 0.15) is 17.1 Å². The van der Waals surface area contributed by atoms with Crippen LogP contribution in [-0.2, 0) is 11.0 Å². The Bertz CT molecular complexity index is 837. The highest BCUT2D eigenvalue weighted by Crippen LogP contribution is 2.42. The lowest BCUT2D eigenvalue weighted by Crippen LogP contribution is -2.32. The lowest BCUT2D eigenvalue weighted by atomic mass is 9.96. The summed E-state index contributed by atoms with van der Waals surface area (Å²) in [6.07, 6.45) is -4.69. The van der Waals surface area contributed by atoms with Gasteiger partial charge in [-0.1, -0.05) is 18.3 Å². The van der Waals surface area contributed by atoms with Crippen LogP contribution < -0.4 is 15.8 Å². The molecule has 2 aromatic rings. The molecule has 0 saturated carbocycles. The molecule has 0 fully saturated rings. The van der Waals surface area contributed by atoms with E-state index in [1.54, 1.807) is 0 Å². The molecule has 134 valence electrons. The third kappa shape index (κ3) is 4.05. The molecule has 4 nitrogen and oxygen atoms in total. The highest BCUT2D eigenvalue weighted by Gasteiger charge is 2.37. The molecular formula is C16H14F4N2O2S. The summed E-state index contributed by atoms with van der Waals surface area (Å²) in [6.45, 7) is -0.268. The Morgan fingerprint density at radius 2 is 1.84 bits per heavy atom. The summed E-state index contributed by atoms with van der Waals surface area (Å²) in [4.78, 5) is 10.8. The molecule has 0 saturated heterocycles. The summed E-state index contributed by atoms with van der Waals surface area (Å²) >= 11 is 5.12. The number of hydrogen-bond donors (Lipinski definition) is 2. The fraction of sp³-hybridized carbons (Fsp3) is 0.250. The molecule has 9 heteroatoms. The van der Waals surface area contributed by atoms with Crippen LogP contribution in [0.1, 0.15) is 11.1 Å². The van der Waals surface area contributed by atoms with Gasteiger partial charge in [-0.3, -0.25) is 4.79 Å². The van der Waals surface area contributed by atoms with Gasteiger partial charge in [0.25, 0.3) is 0 Å². The Labute approximate surface area is 145 Å². The fourth-order valence-corrected chi connectivity index (χ4v) is 2.80. The Balaban J connectivity index is 2.60. The van der Waals surface area contributed by atoms with Crippen molar-refractivity contribution in [3.63, 3.8) is 0 Å². The first-order valence-corrected chi connectivity index (χ1v) is 7.46. The molecule has 0 aliphatic rings. The van der Waals surface area contributed by atoms with Gasteiger partial charge < -0.3 is 15.8 Å². The van der Waals surface area contributed by atoms with Gasteiger partial charge in [0, 0.05) is 17.0 Å². The van der Waals surface area contributed by atoms with E-state index < -0.39 is 23.5 Å². The van der Waals surface area contributed by atoms with Gasteiger partial charge in [-0.15, -0.1) is 0 Å². The standard InChI is InChI=1S/C16H14F4N2O2S/c1-24-11-5-3-8-9(15(11)16(18,19)20)2-4-10(17)14(8)12(25)6-22-7-13(21)23/h2-5,22H,6-7H2,1H3,(H2,21,23). The minimum absolute atomic E-state index is 0.0130. The van der Waals surface area contributed by atoms with E-state index in [1.807, 2.05) is 0 Å². The number of nitrogens with two attached hydrogens (primary N) is 1. The fourth-order valence-electron chi connectivity index (χ4n) is 2.49. The summed E-state index contributed by atoms with van der Waals surface area (Å²) in [5.41, 5.74) is 3.85. The van der Waals surface area contributed by atoms with Crippen molar-refractivity contribution >= 4 is 33.8 Å². The summed E-state index contributed by atoms with van der Waals surface area (Å²) in [5.74, 6) is -1.75. The van der Waals surface area contributed by atoms with Crippen molar-refractivity contribution in [3.05, 3.63) is 41.2 Å². The predicted molar refractivity (Wildman–Crippen MR) is 89.2 cm³/mol. The zero-order chi connectivity index (χ0) is 18.8. The number of amides is 1. The molecule has 2 rings (SSSR count). The highest BCUT2D eigenvalue weighted by molar-refractivity contribution is 7.81. The van der Waals surface area contributed by atoms with Gasteiger partial charge >= 0.3 is 6.18 Å². The van der Waals surface area contributed by atoms with Crippen LogP contribution in [-0.4, -0.2) is 31.0 Å². The molecule has 0 aliphatic carbocycles. The van der Waals surface area contributed by atoms with Crippen molar-refractivity contribution in [2.45, 2.75) is 6.18 Å². The van der Waals surface area contributed by atoms with E-state index in [-0.39, 0.29) is 40.0 Å². The zero-order valence-corrected chi connectivity index (χ0v) is 13.9. The smallest absolute Gasteiger partial charge is 0.420 e. The van der Waals surface area contributed by atoms with E-state index in [9.17, 15) is 22.4 Å². The molecule has 0 spiro atoms. The third-order valence-corrected chi connectivity index (χ3v) is 3.83. The van der Waals surface area contributed by atoms with Crippen LogP contribution in [0.25, 0.3) is 10.8 Å². The normalized spacial score (nSPS) is 11.6. The Kier molecular flexibility index (Phi) is 5.58. The molecule has 2 aromatic carbocycles. The first kappa shape index (κ1) is 19.1. The van der Waals surface area contributed by atoms with Crippen LogP contribution in [0.3, 0.4) is 0 Å². The number of methoxy groups -OCH3 is 1. The van der Waals surface area contributed by atoms with E-state index in [2.05, 4.69) is 5.32 Å². The van der Waals surface area contributed by atoms with E-state index in [0.717, 1.165) is 25.3 Å². The van der Waals surface area contributed by atoms with Gasteiger partial charge in [0.2, 0.25) is 5.91 Å². The number of carbonyl (C=O) groups excluding carboxylic acids is 1. The van der Waals surface area contributed by atoms with Crippen LogP contribution in [0.5, 0.6) is 5.75 Å². The number of rotatable bonds is 6. The van der Waals surface area contributed by atoms with Gasteiger partial charge in [-0.2, -0.15) is 13.2 Å². The summed E-state index contributed by atoms with van der Waals surface area (Å²) in [6, 6.07) is 4.40. The first-order valence-electron chi connectivity index (χ1n) is 7.05. The molecule has 0 radical (unpaired) electrons. The van der Waals surface area contributed by atoms with Crippen LogP contribution in [0, 0.1) is 5.82 Å². The van der Waals surface area contributed by atoms with Crippen molar-refractivity contribution in [1.29, 1.82) is 0 Å². The number of alkyl halides is 3. The molecule has 0 atom stereocenters. The number of fused-ring (bicyclic) bond motifs is 1. The van der Waals surface area contributed by atoms with Gasteiger partial charge in [0.15, 0.2) is 0 Å². The molecule has 1 amide bonds. The van der Waals surface area contributed by atoms with Crippen molar-refractivity contribution in [3.8, 4) is 5.75 Å². The Morgan fingerprint density at radius 3 is 2.40 bits per heavy atom. The molecule has 3 N–H and O–H groups in total. The number of nitrogens with one attached hydrogen (secondary N) is 1. The lowest BCUT2D eigenvalue weighted by Gasteiger charge is -2.17. The molecule has 0 aromatic heterocycles. The highest BCUT2D eigenvalue weighted by atomic mass is 32.1. The second-order valence-corrected chi connectivity index (χ2v) is 5.64. The summed E-state index contributed by atoms with van der Waals surface area (Å²) < 4.78 is 59.3. The number of ether oxygens (including phenoxy) is 1. The van der Waals surface area contributed by atoms with Crippen LogP contribution >= 0.6 is 12.2 Å². The maximum Gasteiger partial charge on any atom is 0.420 e. The predicted octanol–water partition coefficient (Wildman–Crippen LogP) is 2.80. The number of primary amides is 1. The molecule has 0 aliphatic heterocycles. The minimum Gasteiger partial charge on any atom is -0.496 e. The van der Waals surface area contributed by atoms with Crippen LogP contribution in [0.2, 0.25) is 0 Å². The Hall–Kier alpha value is -2.26. The van der Waals surface area contributed by atoms with Crippen molar-refractivity contribution < 1.29 is 27.1 Å². The van der Waals surface area contributed by atoms with E-state index in [1.165, 1.54) is 6.07 Å². The number of carbonyl (C=O) groups is 1. The van der Waals surface area contributed by atoms with Crippen molar-refractivity contribution in [2.24, 2.45) is 5.73 Å². The van der Waals surface area contributed by atoms with Gasteiger partial charge in [-0.25, -0.2) is 4.39 Å². The SMILES string of the molecule is COc1ccc2c(C(=S)CNCC(N)=O)c(F)ccc2c1C(F)(F)F. The average Bonchev–Trinajstić information content (AvgIpc) is 2.52. The summed E-state index contributed by atoms with van der Waals surface area (Å²) in [5, 5.41) is 2.40. The van der Waals surface area contributed by atoms with Gasteiger partial charge in [0.05, 0.1) is 13.7 Å². The molecule has 0 bridgehead atoms. The van der Waals surface area contributed by atoms with E-state index in [4.69, 9.17) is 22.7 Å². The molecule has 25 heavy (non-hydrogen) atoms. The number of halogens is 4. The van der Waals surface area contributed by atoms with Crippen molar-refractivity contribution in [1.82, 2.24) is 5.32 Å². The topological polar surface area (TPSA) is 64.3 Å². The lowest BCUT2D eigenvalue weighted by molar-refractivity contribution is -0.137. The third-order valence-electron chi connectivity index (χ3n) is 3.48. The number of benzene rings is 2. The van der Waals surface area contributed by atoms with E-state index in [0.29, 0.717) is 0 Å². The van der Waals surface area contributed by atoms with Crippen LogP contribution in [0.4, 0.5) is 17.6 Å². The largest absolute Gasteiger partial charge is 0.496 e. The molecule has 0 heterocycles. The zero-order valence-electron chi connectivity index (χ0n) is 13.0. The molecular weight excluding hydrogens is 360 g/mol. The average molecular weight is 374 g/mol. The minimum atomic E-state index is -4.69. The maximum absolute atomic E-state index is 14.2. The van der Waals surface area contributed by atoms with Crippen molar-refractivity contribution in [2.75, 3.05) is 20.2 Å². The van der Waals surface area contributed by atoms with Gasteiger partial charge in [-0.05, 0) is 29.0 Å². The summed E-state index contributed by atoms with van der Waals surface area (Å²) in [7, 11) is 1.12. The Morgan fingerprint density at radius 1 is 1.20 bits per heavy atom. The molecule has 0 unspecified atom stereocenters. The first-order chi connectivity index (χ1) is 11.7. The monoisotopic (exact) mass is 374 g/mol. The second kappa shape index (κ2) is 7.32. The number of thiocarbonyl (C=S) groups is 1. The second-order valence-electron chi connectivity index (χ2n) is 5.15. The number of hydrogen-bond acceptors (Lipinski definition) is 4. The quantitative estimate of drug-likeness (QED) is 0.464. The van der Waals surface area contributed by atoms with E-state index >= 15 is 0 Å². The maximum atomic E-state index is 14.2.